The Bertz CT molecular complexity index is 3260. The van der Waals surface area contributed by atoms with Crippen LogP contribution in [0.1, 0.15) is 82.7 Å². The Morgan fingerprint density at radius 3 is 2.56 bits per heavy atom. The van der Waals surface area contributed by atoms with E-state index >= 15 is 4.39 Å². The number of aromatic carboxylic acids is 1. The minimum Gasteiger partial charge on any atom is -0.491 e. The smallest absolute Gasteiger partial charge is 0.410 e. The van der Waals surface area contributed by atoms with E-state index in [1.54, 1.807) is 38.1 Å². The molecule has 21 nitrogen and oxygen atoms in total. The Kier molecular flexibility index (Phi) is 20.5. The fourth-order valence-electron chi connectivity index (χ4n) is 8.17. The van der Waals surface area contributed by atoms with E-state index in [-0.39, 0.29) is 63.3 Å². The zero-order valence-corrected chi connectivity index (χ0v) is 45.7. The first-order valence-electron chi connectivity index (χ1n) is 25.3. The summed E-state index contributed by atoms with van der Waals surface area (Å²) in [6.45, 7) is 6.20. The molecule has 0 aliphatic carbocycles. The average Bonchev–Trinajstić information content (AvgIpc) is 4.16. The maximum absolute atomic E-state index is 15.3. The summed E-state index contributed by atoms with van der Waals surface area (Å²) in [4.78, 5) is 75.8. The second-order valence-electron chi connectivity index (χ2n) is 18.7. The number of carboxylic acid groups (broad SMARTS) is 1. The normalized spacial score (nSPS) is 12.6. The molecule has 2 atom stereocenters. The third kappa shape index (κ3) is 15.9. The molecule has 0 fully saturated rings. The highest BCUT2D eigenvalue weighted by molar-refractivity contribution is 7.22. The van der Waals surface area contributed by atoms with Crippen molar-refractivity contribution < 1.29 is 47.7 Å². The fourth-order valence-corrected chi connectivity index (χ4v) is 10.2. The molecular weight excluding hydrogens is 1060 g/mol. The van der Waals surface area contributed by atoms with Gasteiger partial charge in [0.25, 0.3) is 0 Å². The van der Waals surface area contributed by atoms with Gasteiger partial charge in [-0.15, -0.1) is 28.0 Å². The number of carboxylic acids is 1. The van der Waals surface area contributed by atoms with E-state index in [9.17, 15) is 29.1 Å². The van der Waals surface area contributed by atoms with Crippen molar-refractivity contribution in [1.29, 1.82) is 0 Å². The van der Waals surface area contributed by atoms with Crippen LogP contribution in [0.5, 0.6) is 5.75 Å². The van der Waals surface area contributed by atoms with E-state index in [2.05, 4.69) is 59.2 Å². The zero-order valence-electron chi connectivity index (χ0n) is 44.0. The number of urea groups is 1. The van der Waals surface area contributed by atoms with Crippen molar-refractivity contribution in [3.8, 4) is 29.9 Å². The lowest BCUT2D eigenvalue weighted by Crippen LogP contribution is -2.51. The lowest BCUT2D eigenvalue weighted by molar-refractivity contribution is -0.128. The number of ether oxygens (including phenoxy) is 3. The van der Waals surface area contributed by atoms with Crippen LogP contribution in [0.4, 0.5) is 41.6 Å². The maximum Gasteiger partial charge on any atom is 0.410 e. The Hall–Kier alpha value is -8.42. The number of benzene rings is 3. The molecule has 7 rings (SSSR count). The molecular formula is C55H61FN12O9S2. The van der Waals surface area contributed by atoms with Gasteiger partial charge in [0, 0.05) is 47.4 Å². The summed E-state index contributed by atoms with van der Waals surface area (Å²) >= 11 is 2.80. The quantitative estimate of drug-likeness (QED) is 0.0234. The molecule has 414 valence electrons. The number of nitrogens with two attached hydrogens (primary N) is 2. The van der Waals surface area contributed by atoms with Crippen molar-refractivity contribution in [2.45, 2.75) is 84.6 Å². The van der Waals surface area contributed by atoms with Gasteiger partial charge in [0.15, 0.2) is 39.2 Å². The Labute approximate surface area is 464 Å². The van der Waals surface area contributed by atoms with Crippen molar-refractivity contribution in [2.24, 2.45) is 17.4 Å². The van der Waals surface area contributed by atoms with Crippen LogP contribution in [0, 0.1) is 42.8 Å². The van der Waals surface area contributed by atoms with Gasteiger partial charge in [-0.2, -0.15) is 0 Å². The highest BCUT2D eigenvalue weighted by Gasteiger charge is 2.29. The number of aryl methyl sites for hydroxylation is 1. The van der Waals surface area contributed by atoms with Crippen LogP contribution < -0.4 is 42.4 Å². The predicted molar refractivity (Wildman–Crippen MR) is 299 cm³/mol. The highest BCUT2D eigenvalue weighted by Crippen LogP contribution is 2.39. The fraction of sp³-hybridized carbons (Fsp3) is 0.364. The molecule has 0 unspecified atom stereocenters. The molecule has 4 heterocycles. The van der Waals surface area contributed by atoms with Crippen LogP contribution in [-0.2, 0) is 45.1 Å². The first kappa shape index (κ1) is 58.3. The summed E-state index contributed by atoms with van der Waals surface area (Å²) in [6.07, 6.45) is 7.47. The second-order valence-corrected chi connectivity index (χ2v) is 20.8. The molecule has 0 saturated heterocycles. The highest BCUT2D eigenvalue weighted by atomic mass is 32.1. The van der Waals surface area contributed by atoms with Gasteiger partial charge in [0.05, 0.1) is 36.0 Å². The van der Waals surface area contributed by atoms with Crippen molar-refractivity contribution in [1.82, 2.24) is 35.7 Å². The van der Waals surface area contributed by atoms with E-state index in [1.165, 1.54) is 46.8 Å². The summed E-state index contributed by atoms with van der Waals surface area (Å²) in [7, 11) is 1.49. The molecule has 1 aliphatic heterocycles. The maximum atomic E-state index is 15.3. The van der Waals surface area contributed by atoms with Crippen LogP contribution in [0.25, 0.3) is 10.2 Å². The number of aromatic nitrogens is 4. The Morgan fingerprint density at radius 2 is 1.81 bits per heavy atom. The molecule has 24 heteroatoms. The topological polar surface area (TPSA) is 291 Å². The molecule has 79 heavy (non-hydrogen) atoms. The summed E-state index contributed by atoms with van der Waals surface area (Å²) in [5, 5.41) is 31.7. The van der Waals surface area contributed by atoms with Gasteiger partial charge in [-0.25, -0.2) is 28.7 Å². The molecule has 0 bridgehead atoms. The molecule has 6 aromatic rings. The number of halogens is 1. The lowest BCUT2D eigenvalue weighted by atomic mass is 10.0. The van der Waals surface area contributed by atoms with E-state index < -0.39 is 47.8 Å². The van der Waals surface area contributed by atoms with Crippen molar-refractivity contribution in [2.75, 3.05) is 55.4 Å². The minimum atomic E-state index is -1.15. The van der Waals surface area contributed by atoms with Gasteiger partial charge in [0.1, 0.15) is 19.3 Å². The molecule has 1 aliphatic rings. The average molecular weight is 1120 g/mol. The number of primary amides is 1. The number of terminal acetylenes is 1. The SMILES string of the molecule is C#CCOCc1cc(NC(=O)[C@H](CCCNC(N)=O)NC(=O)[C@@H](N)C(C)C)ccc1COC(=O)N(C)CC#Cc1ccc(OCCCc2sc(N3CCCc4c3nnc(Nc3nc5ccccc5s3)c4C)nc2C(=O)O)c(F)c1. The number of para-hydroxylation sites is 1. The van der Waals surface area contributed by atoms with Gasteiger partial charge in [-0.3, -0.25) is 9.59 Å². The van der Waals surface area contributed by atoms with Crippen molar-refractivity contribution in [3.05, 3.63) is 105 Å². The van der Waals surface area contributed by atoms with E-state index in [1.807, 2.05) is 36.1 Å². The zero-order chi connectivity index (χ0) is 56.6. The van der Waals surface area contributed by atoms with Crippen LogP contribution >= 0.6 is 22.7 Å². The van der Waals surface area contributed by atoms with Gasteiger partial charge in [0.2, 0.25) is 11.8 Å². The summed E-state index contributed by atoms with van der Waals surface area (Å²) in [5.74, 6) is 6.31. The molecule has 3 aromatic carbocycles. The predicted octanol–water partition coefficient (Wildman–Crippen LogP) is 7.15. The van der Waals surface area contributed by atoms with Crippen LogP contribution in [0.15, 0.2) is 60.7 Å². The number of rotatable bonds is 24. The molecule has 3 aromatic heterocycles. The van der Waals surface area contributed by atoms with Crippen molar-refractivity contribution >= 4 is 90.4 Å². The van der Waals surface area contributed by atoms with Gasteiger partial charge in [-0.1, -0.05) is 61.1 Å². The minimum absolute atomic E-state index is 0.00323. The van der Waals surface area contributed by atoms with E-state index in [0.29, 0.717) is 75.0 Å². The number of anilines is 5. The number of amides is 5. The summed E-state index contributed by atoms with van der Waals surface area (Å²) in [6, 6.07) is 14.5. The second kappa shape index (κ2) is 27.8. The molecule has 0 spiro atoms. The first-order chi connectivity index (χ1) is 38.0. The number of thiazole rings is 2. The number of carbonyl (C=O) groups is 5. The van der Waals surface area contributed by atoms with Gasteiger partial charge < -0.3 is 61.9 Å². The number of nitrogens with zero attached hydrogens (tertiary/aromatic N) is 6. The molecule has 0 radical (unpaired) electrons. The summed E-state index contributed by atoms with van der Waals surface area (Å²) < 4.78 is 33.2. The molecule has 0 saturated carbocycles. The standard InChI is InChI=1S/C55H61FN12O9S2/c1-6-26-75-30-36-29-37(60-49(69)41(16-9-23-59-52(58)73)61-50(70)45(57)32(2)3)21-20-35(36)31-77-55(74)67(5)24-10-13-34-19-22-42(39(56)28-34)76-27-12-18-44-46(51(71)72)63-54(79-44)68-25-11-14-38-33(4)47(65-66-48(38)68)64-53-62-40-15-7-8-17-43(40)78-53/h1,7-8,15,17,19-22,28-29,32,41,45H,9,11-12,14,16,18,23-27,30-31,57H2,2-5H3,(H,60,69)(H,61,70)(H,71,72)(H3,58,59,73)(H,62,64,65)/t41-,45-/m0/s1. The Balaban J connectivity index is 0.894. The molecule has 5 amide bonds. The first-order valence-corrected chi connectivity index (χ1v) is 26.9. The Morgan fingerprint density at radius 1 is 1.00 bits per heavy atom. The van der Waals surface area contributed by atoms with Gasteiger partial charge >= 0.3 is 18.1 Å². The monoisotopic (exact) mass is 1120 g/mol. The van der Waals surface area contributed by atoms with Crippen LogP contribution in [-0.4, -0.2) is 112 Å². The van der Waals surface area contributed by atoms with E-state index in [0.717, 1.165) is 34.2 Å². The third-order valence-electron chi connectivity index (χ3n) is 12.5. The largest absolute Gasteiger partial charge is 0.491 e. The number of fused-ring (bicyclic) bond motifs is 2. The van der Waals surface area contributed by atoms with Crippen molar-refractivity contribution in [3.63, 3.8) is 0 Å². The van der Waals surface area contributed by atoms with E-state index in [4.69, 9.17) is 32.1 Å². The number of nitrogens with one attached hydrogen (secondary N) is 4. The number of hydrogen-bond acceptors (Lipinski definition) is 17. The van der Waals surface area contributed by atoms with Gasteiger partial charge in [-0.05, 0) is 105 Å². The number of carbonyl (C=O) groups excluding carboxylic acids is 4. The molecule has 9 N–H and O–H groups in total. The third-order valence-corrected chi connectivity index (χ3v) is 14.6. The number of hydrogen-bond donors (Lipinski definition) is 7. The lowest BCUT2D eigenvalue weighted by Gasteiger charge is -2.28. The van der Waals surface area contributed by atoms with Crippen LogP contribution in [0.3, 0.4) is 0 Å². The summed E-state index contributed by atoms with van der Waals surface area (Å²) in [5.41, 5.74) is 15.8. The van der Waals surface area contributed by atoms with Crippen LogP contribution in [0.2, 0.25) is 0 Å².